The van der Waals surface area contributed by atoms with Crippen LogP contribution in [0.25, 0.3) is 0 Å². The van der Waals surface area contributed by atoms with Crippen LogP contribution in [0.3, 0.4) is 0 Å². The molecule has 2 fully saturated rings. The van der Waals surface area contributed by atoms with Crippen LogP contribution in [0.2, 0.25) is 0 Å². The van der Waals surface area contributed by atoms with Crippen molar-refractivity contribution in [2.24, 2.45) is 0 Å². The van der Waals surface area contributed by atoms with Gasteiger partial charge in [-0.05, 0) is 38.7 Å². The average molecular weight is 345 g/mol. The Kier molecular flexibility index (Phi) is 5.46. The molecule has 3 rings (SSSR count). The van der Waals surface area contributed by atoms with Crippen LogP contribution in [-0.2, 0) is 11.3 Å². The molecule has 1 aromatic rings. The predicted molar refractivity (Wildman–Crippen MR) is 95.1 cm³/mol. The second-order valence-electron chi connectivity index (χ2n) is 7.13. The van der Waals surface area contributed by atoms with Gasteiger partial charge in [0.1, 0.15) is 6.61 Å². The molecule has 136 valence electrons. The Morgan fingerprint density at radius 1 is 1.12 bits per heavy atom. The number of nitrogens with one attached hydrogen (secondary N) is 1. The Morgan fingerprint density at radius 2 is 1.76 bits per heavy atom. The van der Waals surface area contributed by atoms with Crippen molar-refractivity contribution in [3.8, 4) is 0 Å². The highest BCUT2D eigenvalue weighted by molar-refractivity contribution is 5.76. The molecule has 1 heterocycles. The fourth-order valence-electron chi connectivity index (χ4n) is 3.48. The van der Waals surface area contributed by atoms with E-state index in [2.05, 4.69) is 5.32 Å². The minimum atomic E-state index is -0.318. The highest BCUT2D eigenvalue weighted by atomic mass is 16.6. The number of piperazine rings is 1. The zero-order chi connectivity index (χ0) is 17.8. The molecule has 1 aliphatic carbocycles. The number of amides is 3. The third-order valence-corrected chi connectivity index (χ3v) is 5.05. The highest BCUT2D eigenvalue weighted by Crippen LogP contribution is 2.21. The van der Waals surface area contributed by atoms with E-state index in [-0.39, 0.29) is 30.8 Å². The summed E-state index contributed by atoms with van der Waals surface area (Å²) < 4.78 is 5.42. The Bertz CT molecular complexity index is 591. The Morgan fingerprint density at radius 3 is 2.32 bits per heavy atom. The molecule has 2 aliphatic rings. The number of urea groups is 1. The lowest BCUT2D eigenvalue weighted by atomic mass is 9.93. The number of rotatable bonds is 3. The van der Waals surface area contributed by atoms with Gasteiger partial charge in [0, 0.05) is 31.2 Å². The van der Waals surface area contributed by atoms with Gasteiger partial charge in [-0.2, -0.15) is 0 Å². The topological polar surface area (TPSA) is 61.9 Å². The number of hydrogen-bond donors (Lipinski definition) is 1. The molecule has 3 amide bonds. The summed E-state index contributed by atoms with van der Waals surface area (Å²) in [4.78, 5) is 28.4. The number of carbonyl (C=O) groups is 2. The highest BCUT2D eigenvalue weighted by Gasteiger charge is 2.36. The van der Waals surface area contributed by atoms with E-state index >= 15 is 0 Å². The molecule has 0 unspecified atom stereocenters. The molecule has 0 bridgehead atoms. The lowest BCUT2D eigenvalue weighted by molar-refractivity contribution is 0.0402. The van der Waals surface area contributed by atoms with Gasteiger partial charge in [-0.1, -0.05) is 30.3 Å². The number of hydrogen-bond acceptors (Lipinski definition) is 3. The summed E-state index contributed by atoms with van der Waals surface area (Å²) in [7, 11) is 0. The maximum absolute atomic E-state index is 12.5. The molecule has 25 heavy (non-hydrogen) atoms. The molecular formula is C19H27N3O3. The van der Waals surface area contributed by atoms with Gasteiger partial charge >= 0.3 is 12.1 Å². The minimum Gasteiger partial charge on any atom is -0.445 e. The van der Waals surface area contributed by atoms with Gasteiger partial charge in [-0.15, -0.1) is 0 Å². The average Bonchev–Trinajstić information content (AvgIpc) is 2.56. The van der Waals surface area contributed by atoms with Crippen LogP contribution in [0, 0.1) is 0 Å². The van der Waals surface area contributed by atoms with E-state index in [0.29, 0.717) is 19.1 Å². The Balaban J connectivity index is 1.51. The molecule has 0 spiro atoms. The first-order valence-corrected chi connectivity index (χ1v) is 9.09. The van der Waals surface area contributed by atoms with E-state index in [1.54, 1.807) is 4.90 Å². The summed E-state index contributed by atoms with van der Waals surface area (Å²) in [5, 5.41) is 3.09. The quantitative estimate of drug-likeness (QED) is 0.916. The minimum absolute atomic E-state index is 0.0120. The van der Waals surface area contributed by atoms with Gasteiger partial charge in [0.2, 0.25) is 0 Å². The van der Waals surface area contributed by atoms with E-state index in [1.165, 1.54) is 6.42 Å². The number of benzene rings is 1. The lowest BCUT2D eigenvalue weighted by Crippen LogP contribution is -2.62. The predicted octanol–water partition coefficient (Wildman–Crippen LogP) is 2.98. The molecule has 0 aromatic heterocycles. The van der Waals surface area contributed by atoms with Crippen LogP contribution in [0.4, 0.5) is 9.59 Å². The van der Waals surface area contributed by atoms with Crippen molar-refractivity contribution in [2.75, 3.05) is 13.1 Å². The van der Waals surface area contributed by atoms with Crippen LogP contribution in [0.5, 0.6) is 0 Å². The van der Waals surface area contributed by atoms with Gasteiger partial charge in [0.05, 0.1) is 0 Å². The van der Waals surface area contributed by atoms with Gasteiger partial charge in [0.15, 0.2) is 0 Å². The Labute approximate surface area is 149 Å². The van der Waals surface area contributed by atoms with Gasteiger partial charge < -0.3 is 19.9 Å². The first-order chi connectivity index (χ1) is 12.0. The van der Waals surface area contributed by atoms with E-state index in [9.17, 15) is 9.59 Å². The van der Waals surface area contributed by atoms with Crippen molar-refractivity contribution in [1.29, 1.82) is 0 Å². The van der Waals surface area contributed by atoms with E-state index in [4.69, 9.17) is 4.74 Å². The molecular weight excluding hydrogens is 318 g/mol. The first-order valence-electron chi connectivity index (χ1n) is 9.09. The van der Waals surface area contributed by atoms with Crippen molar-refractivity contribution in [2.45, 2.75) is 57.8 Å². The molecule has 1 N–H and O–H groups in total. The van der Waals surface area contributed by atoms with Crippen LogP contribution in [0.15, 0.2) is 30.3 Å². The molecule has 1 aromatic carbocycles. The summed E-state index contributed by atoms with van der Waals surface area (Å²) in [5.41, 5.74) is 0.968. The fraction of sp³-hybridized carbons (Fsp3) is 0.579. The van der Waals surface area contributed by atoms with Crippen LogP contribution >= 0.6 is 0 Å². The summed E-state index contributed by atoms with van der Waals surface area (Å²) in [6, 6.07) is 9.88. The normalized spacial score (nSPS) is 23.8. The van der Waals surface area contributed by atoms with Crippen molar-refractivity contribution in [3.63, 3.8) is 0 Å². The molecule has 1 aliphatic heterocycles. The molecule has 1 saturated heterocycles. The van der Waals surface area contributed by atoms with Crippen molar-refractivity contribution in [3.05, 3.63) is 35.9 Å². The van der Waals surface area contributed by atoms with Gasteiger partial charge in [0.25, 0.3) is 0 Å². The van der Waals surface area contributed by atoms with Gasteiger partial charge in [-0.3, -0.25) is 0 Å². The standard InChI is InChI=1S/C19H27N3O3/c1-14-11-21(19(24)25-13-16-7-4-3-5-8-16)12-15(2)22(14)18(23)20-17-9-6-10-17/h3-5,7-8,14-15,17H,6,9-13H2,1-2H3,(H,20,23)/t14-,15-/m0/s1. The summed E-state index contributed by atoms with van der Waals surface area (Å²) >= 11 is 0. The maximum atomic E-state index is 12.5. The maximum Gasteiger partial charge on any atom is 0.410 e. The van der Waals surface area contributed by atoms with Crippen LogP contribution in [0.1, 0.15) is 38.7 Å². The largest absolute Gasteiger partial charge is 0.445 e. The SMILES string of the molecule is C[C@H]1CN(C(=O)OCc2ccccc2)C[C@H](C)N1C(=O)NC1CCC1. The molecule has 0 radical (unpaired) electrons. The molecule has 1 saturated carbocycles. The molecule has 2 atom stereocenters. The summed E-state index contributed by atoms with van der Waals surface area (Å²) in [5.74, 6) is 0. The first kappa shape index (κ1) is 17.6. The second-order valence-corrected chi connectivity index (χ2v) is 7.13. The van der Waals surface area contributed by atoms with Crippen molar-refractivity contribution >= 4 is 12.1 Å². The van der Waals surface area contributed by atoms with Crippen LogP contribution < -0.4 is 5.32 Å². The summed E-state index contributed by atoms with van der Waals surface area (Å²) in [6.45, 7) is 5.22. The fourth-order valence-corrected chi connectivity index (χ4v) is 3.48. The third kappa shape index (κ3) is 4.24. The smallest absolute Gasteiger partial charge is 0.410 e. The summed E-state index contributed by atoms with van der Waals surface area (Å²) in [6.07, 6.45) is 3.01. The number of ether oxygens (including phenoxy) is 1. The van der Waals surface area contributed by atoms with Crippen LogP contribution in [-0.4, -0.2) is 53.1 Å². The zero-order valence-electron chi connectivity index (χ0n) is 15.0. The van der Waals surface area contributed by atoms with Gasteiger partial charge in [-0.25, -0.2) is 9.59 Å². The van der Waals surface area contributed by atoms with Crippen molar-refractivity contribution < 1.29 is 14.3 Å². The lowest BCUT2D eigenvalue weighted by Gasteiger charge is -2.44. The van der Waals surface area contributed by atoms with E-state index in [0.717, 1.165) is 18.4 Å². The van der Waals surface area contributed by atoms with E-state index < -0.39 is 0 Å². The Hall–Kier alpha value is -2.24. The zero-order valence-corrected chi connectivity index (χ0v) is 15.0. The number of nitrogens with zero attached hydrogens (tertiary/aromatic N) is 2. The molecule has 6 heteroatoms. The second kappa shape index (κ2) is 7.76. The van der Waals surface area contributed by atoms with Crippen molar-refractivity contribution in [1.82, 2.24) is 15.1 Å². The monoisotopic (exact) mass is 345 g/mol. The molecule has 6 nitrogen and oxygen atoms in total. The van der Waals surface area contributed by atoms with E-state index in [1.807, 2.05) is 49.1 Å². The third-order valence-electron chi connectivity index (χ3n) is 5.05. The number of carbonyl (C=O) groups excluding carboxylic acids is 2.